The van der Waals surface area contributed by atoms with Crippen LogP contribution in [0.2, 0.25) is 5.02 Å². The van der Waals surface area contributed by atoms with Crippen LogP contribution in [-0.2, 0) is 14.8 Å². The zero-order valence-electron chi connectivity index (χ0n) is 8.80. The number of aliphatic hydroxyl groups excluding tert-OH is 1. The summed E-state index contributed by atoms with van der Waals surface area (Å²) >= 11 is 8.89. The first-order valence-electron chi connectivity index (χ1n) is 4.59. The Balaban J connectivity index is 2.90. The fourth-order valence-electron chi connectivity index (χ4n) is 1.05. The Bertz CT molecular complexity index is 562. The lowest BCUT2D eigenvalue weighted by atomic mass is 10.4. The highest BCUT2D eigenvalue weighted by atomic mass is 79.9. The van der Waals surface area contributed by atoms with E-state index in [0.717, 1.165) is 0 Å². The third-order valence-corrected chi connectivity index (χ3v) is 4.33. The molecule has 0 aliphatic heterocycles. The molecule has 1 atom stereocenters. The van der Waals surface area contributed by atoms with Crippen LogP contribution in [0.3, 0.4) is 0 Å². The Morgan fingerprint density at radius 2 is 2.11 bits per heavy atom. The predicted molar refractivity (Wildman–Crippen MR) is 68.0 cm³/mol. The van der Waals surface area contributed by atoms with Gasteiger partial charge < -0.3 is 10.2 Å². The van der Waals surface area contributed by atoms with Gasteiger partial charge in [-0.2, -0.15) is 0 Å². The molecular weight excluding hydrogens is 350 g/mol. The number of hydrogen-bond donors (Lipinski definition) is 3. The fraction of sp³-hybridized carbons (Fsp3) is 0.222. The van der Waals surface area contributed by atoms with E-state index in [4.69, 9.17) is 21.8 Å². The van der Waals surface area contributed by atoms with E-state index in [1.807, 2.05) is 4.72 Å². The van der Waals surface area contributed by atoms with Gasteiger partial charge in [-0.05, 0) is 18.2 Å². The number of aliphatic hydroxyl groups is 1. The molecule has 1 rings (SSSR count). The Morgan fingerprint density at radius 3 is 2.61 bits per heavy atom. The normalized spacial score (nSPS) is 13.3. The maximum Gasteiger partial charge on any atom is 0.333 e. The van der Waals surface area contributed by atoms with Crippen molar-refractivity contribution in [1.82, 2.24) is 4.72 Å². The number of hydrogen-bond acceptors (Lipinski definition) is 4. The Kier molecular flexibility index (Phi) is 5.11. The highest BCUT2D eigenvalue weighted by Crippen LogP contribution is 2.24. The molecule has 0 aliphatic carbocycles. The second-order valence-corrected chi connectivity index (χ2v) is 6.34. The molecule has 0 bridgehead atoms. The van der Waals surface area contributed by atoms with E-state index in [-0.39, 0.29) is 9.92 Å². The van der Waals surface area contributed by atoms with Crippen LogP contribution < -0.4 is 4.72 Å². The van der Waals surface area contributed by atoms with E-state index in [1.165, 1.54) is 18.2 Å². The molecule has 0 saturated carbocycles. The first kappa shape index (κ1) is 15.4. The van der Waals surface area contributed by atoms with Crippen molar-refractivity contribution in [3.05, 3.63) is 27.7 Å². The van der Waals surface area contributed by atoms with E-state index < -0.39 is 28.6 Å². The molecule has 1 aromatic rings. The third kappa shape index (κ3) is 3.92. The minimum atomic E-state index is -3.96. The van der Waals surface area contributed by atoms with Crippen molar-refractivity contribution in [3.8, 4) is 0 Å². The van der Waals surface area contributed by atoms with Gasteiger partial charge in [0.05, 0.1) is 5.02 Å². The van der Waals surface area contributed by atoms with Gasteiger partial charge in [-0.25, -0.2) is 17.9 Å². The standard InChI is InChI=1S/C9H9BrClNO5S/c10-5-1-2-8(6(11)3-5)18(16,17)12-4-7(13)9(14)15/h1-3,7,12-13H,4H2,(H,14,15). The number of carboxylic acid groups (broad SMARTS) is 1. The molecule has 3 N–H and O–H groups in total. The fourth-order valence-corrected chi connectivity index (χ4v) is 3.12. The van der Waals surface area contributed by atoms with Crippen molar-refractivity contribution >= 4 is 43.5 Å². The summed E-state index contributed by atoms with van der Waals surface area (Å²) in [7, 11) is -3.96. The van der Waals surface area contributed by atoms with Crippen LogP contribution in [0.15, 0.2) is 27.6 Å². The van der Waals surface area contributed by atoms with Gasteiger partial charge in [0.2, 0.25) is 10.0 Å². The largest absolute Gasteiger partial charge is 0.479 e. The van der Waals surface area contributed by atoms with Crippen molar-refractivity contribution in [3.63, 3.8) is 0 Å². The molecule has 0 aliphatic rings. The number of benzene rings is 1. The van der Waals surface area contributed by atoms with Gasteiger partial charge in [0.25, 0.3) is 0 Å². The van der Waals surface area contributed by atoms with Gasteiger partial charge in [0.15, 0.2) is 6.10 Å². The first-order chi connectivity index (χ1) is 8.24. The molecule has 100 valence electrons. The van der Waals surface area contributed by atoms with Crippen LogP contribution in [0.4, 0.5) is 0 Å². The minimum Gasteiger partial charge on any atom is -0.479 e. The van der Waals surface area contributed by atoms with E-state index in [9.17, 15) is 13.2 Å². The summed E-state index contributed by atoms with van der Waals surface area (Å²) < 4.78 is 26.1. The second kappa shape index (κ2) is 5.98. The molecule has 0 fully saturated rings. The molecule has 1 aromatic carbocycles. The number of halogens is 2. The number of sulfonamides is 1. The summed E-state index contributed by atoms with van der Waals surface area (Å²) in [6, 6.07) is 4.14. The van der Waals surface area contributed by atoms with Crippen LogP contribution >= 0.6 is 27.5 Å². The van der Waals surface area contributed by atoms with Crippen molar-refractivity contribution in [2.75, 3.05) is 6.54 Å². The lowest BCUT2D eigenvalue weighted by Crippen LogP contribution is -2.36. The molecule has 0 aromatic heterocycles. The van der Waals surface area contributed by atoms with Crippen molar-refractivity contribution in [1.29, 1.82) is 0 Å². The van der Waals surface area contributed by atoms with E-state index in [1.54, 1.807) is 0 Å². The number of nitrogens with one attached hydrogen (secondary N) is 1. The van der Waals surface area contributed by atoms with E-state index in [0.29, 0.717) is 4.47 Å². The minimum absolute atomic E-state index is 0.0123. The van der Waals surface area contributed by atoms with Crippen LogP contribution in [0.25, 0.3) is 0 Å². The first-order valence-corrected chi connectivity index (χ1v) is 7.25. The molecule has 0 heterocycles. The van der Waals surface area contributed by atoms with Crippen LogP contribution in [0, 0.1) is 0 Å². The van der Waals surface area contributed by atoms with Gasteiger partial charge in [-0.1, -0.05) is 27.5 Å². The van der Waals surface area contributed by atoms with Gasteiger partial charge in [0.1, 0.15) is 4.90 Å². The Hall–Kier alpha value is -0.670. The number of carboxylic acids is 1. The lowest BCUT2D eigenvalue weighted by molar-refractivity contribution is -0.146. The molecule has 0 amide bonds. The second-order valence-electron chi connectivity index (χ2n) is 3.28. The summed E-state index contributed by atoms with van der Waals surface area (Å²) in [5.41, 5.74) is 0. The maximum absolute atomic E-state index is 11.8. The quantitative estimate of drug-likeness (QED) is 0.723. The third-order valence-electron chi connectivity index (χ3n) is 1.94. The van der Waals surface area contributed by atoms with Gasteiger partial charge in [0, 0.05) is 11.0 Å². The molecule has 0 radical (unpaired) electrons. The van der Waals surface area contributed by atoms with Crippen LogP contribution in [0.1, 0.15) is 0 Å². The number of aliphatic carboxylic acids is 1. The highest BCUT2D eigenvalue weighted by Gasteiger charge is 2.21. The Morgan fingerprint density at radius 1 is 1.50 bits per heavy atom. The highest BCUT2D eigenvalue weighted by molar-refractivity contribution is 9.10. The summed E-state index contributed by atoms with van der Waals surface area (Å²) in [4.78, 5) is 10.2. The molecular formula is C9H9BrClNO5S. The Labute approximate surface area is 117 Å². The summed E-state index contributed by atoms with van der Waals surface area (Å²) in [5, 5.41) is 17.4. The smallest absolute Gasteiger partial charge is 0.333 e. The van der Waals surface area contributed by atoms with Gasteiger partial charge in [-0.15, -0.1) is 0 Å². The zero-order chi connectivity index (χ0) is 13.9. The van der Waals surface area contributed by atoms with Gasteiger partial charge in [-0.3, -0.25) is 0 Å². The van der Waals surface area contributed by atoms with Crippen LogP contribution in [-0.4, -0.2) is 37.2 Å². The summed E-state index contributed by atoms with van der Waals surface area (Å²) in [6.45, 7) is -0.635. The topological polar surface area (TPSA) is 104 Å². The van der Waals surface area contributed by atoms with Crippen LogP contribution in [0.5, 0.6) is 0 Å². The molecule has 0 spiro atoms. The van der Waals surface area contributed by atoms with Crippen molar-refractivity contribution in [2.24, 2.45) is 0 Å². The monoisotopic (exact) mass is 357 g/mol. The summed E-state index contributed by atoms with van der Waals surface area (Å²) in [5.74, 6) is -1.51. The summed E-state index contributed by atoms with van der Waals surface area (Å²) in [6.07, 6.45) is -1.81. The van der Waals surface area contributed by atoms with Gasteiger partial charge >= 0.3 is 5.97 Å². The van der Waals surface area contributed by atoms with Crippen molar-refractivity contribution in [2.45, 2.75) is 11.0 Å². The average Bonchev–Trinajstić information content (AvgIpc) is 2.25. The average molecular weight is 359 g/mol. The van der Waals surface area contributed by atoms with E-state index >= 15 is 0 Å². The predicted octanol–water partition coefficient (Wildman–Crippen LogP) is 0.826. The maximum atomic E-state index is 11.8. The number of rotatable bonds is 5. The molecule has 1 unspecified atom stereocenters. The molecule has 0 saturated heterocycles. The molecule has 6 nitrogen and oxygen atoms in total. The van der Waals surface area contributed by atoms with E-state index in [2.05, 4.69) is 15.9 Å². The number of carbonyl (C=O) groups is 1. The molecule has 18 heavy (non-hydrogen) atoms. The zero-order valence-corrected chi connectivity index (χ0v) is 12.0. The molecule has 9 heteroatoms. The van der Waals surface area contributed by atoms with Crippen molar-refractivity contribution < 1.29 is 23.4 Å². The lowest BCUT2D eigenvalue weighted by Gasteiger charge is -2.10. The SMILES string of the molecule is O=C(O)C(O)CNS(=O)(=O)c1ccc(Br)cc1Cl.